The molecule has 0 saturated carbocycles. The third-order valence-electron chi connectivity index (χ3n) is 3.41. The molecule has 0 aliphatic rings. The average molecular weight is 287 g/mol. The van der Waals surface area contributed by atoms with Crippen molar-refractivity contribution >= 4 is 33.7 Å². The zero-order valence-corrected chi connectivity index (χ0v) is 12.3. The van der Waals surface area contributed by atoms with E-state index in [4.69, 9.17) is 11.6 Å². The lowest BCUT2D eigenvalue weighted by molar-refractivity contribution is 0.934. The molecule has 0 bridgehead atoms. The van der Waals surface area contributed by atoms with Gasteiger partial charge in [0.15, 0.2) is 0 Å². The lowest BCUT2D eigenvalue weighted by Gasteiger charge is -2.10. The van der Waals surface area contributed by atoms with Crippen LogP contribution in [0.3, 0.4) is 0 Å². The van der Waals surface area contributed by atoms with Crippen LogP contribution in [0.4, 0.5) is 0 Å². The van der Waals surface area contributed by atoms with Gasteiger partial charge >= 0.3 is 0 Å². The number of hydrogen-bond donors (Lipinski definition) is 0. The highest BCUT2D eigenvalue weighted by Gasteiger charge is 2.13. The van der Waals surface area contributed by atoms with Crippen LogP contribution in [0.25, 0.3) is 10.8 Å². The number of hydrogen-bond acceptors (Lipinski definition) is 1. The van der Waals surface area contributed by atoms with E-state index in [0.29, 0.717) is 0 Å². The molecule has 0 nitrogen and oxygen atoms in total. The molecule has 19 heavy (non-hydrogen) atoms. The van der Waals surface area contributed by atoms with Crippen molar-refractivity contribution in [3.05, 3.63) is 69.9 Å². The van der Waals surface area contributed by atoms with Gasteiger partial charge in [-0.1, -0.05) is 42.5 Å². The summed E-state index contributed by atoms with van der Waals surface area (Å²) in [6, 6.07) is 17.2. The fourth-order valence-corrected chi connectivity index (χ4v) is 3.78. The van der Waals surface area contributed by atoms with Crippen molar-refractivity contribution in [1.29, 1.82) is 0 Å². The molecule has 96 valence electrons. The third-order valence-corrected chi connectivity index (χ3v) is 5.05. The van der Waals surface area contributed by atoms with Gasteiger partial charge in [0, 0.05) is 4.88 Å². The lowest BCUT2D eigenvalue weighted by atomic mass is 10.0. The second kappa shape index (κ2) is 5.36. The Labute approximate surface area is 122 Å². The number of aryl methyl sites for hydroxylation is 1. The van der Waals surface area contributed by atoms with Gasteiger partial charge in [0.05, 0.1) is 5.38 Å². The summed E-state index contributed by atoms with van der Waals surface area (Å²) in [5, 5.41) is 4.75. The summed E-state index contributed by atoms with van der Waals surface area (Å²) in [7, 11) is 0. The van der Waals surface area contributed by atoms with Crippen LogP contribution in [0.5, 0.6) is 0 Å². The number of fused-ring (bicyclic) bond motifs is 1. The van der Waals surface area contributed by atoms with Gasteiger partial charge in [-0.2, -0.15) is 0 Å². The molecule has 2 heteroatoms. The van der Waals surface area contributed by atoms with Crippen LogP contribution in [0.1, 0.15) is 21.4 Å². The Kier molecular flexibility index (Phi) is 3.58. The number of benzene rings is 2. The first-order valence-electron chi connectivity index (χ1n) is 6.40. The smallest absolute Gasteiger partial charge is 0.0721 e. The topological polar surface area (TPSA) is 0 Å². The second-order valence-electron chi connectivity index (χ2n) is 4.82. The SMILES string of the molecule is Cc1ccsc1C(Cl)Cc1ccc2ccccc2c1. The molecule has 2 aromatic carbocycles. The first-order chi connectivity index (χ1) is 9.24. The van der Waals surface area contributed by atoms with Crippen molar-refractivity contribution in [2.45, 2.75) is 18.7 Å². The molecule has 0 aliphatic heterocycles. The lowest BCUT2D eigenvalue weighted by Crippen LogP contribution is -1.95. The second-order valence-corrected chi connectivity index (χ2v) is 6.30. The van der Waals surface area contributed by atoms with E-state index >= 15 is 0 Å². The molecule has 0 N–H and O–H groups in total. The zero-order valence-electron chi connectivity index (χ0n) is 10.8. The van der Waals surface area contributed by atoms with E-state index in [1.165, 1.54) is 26.8 Å². The Morgan fingerprint density at radius 2 is 1.84 bits per heavy atom. The molecule has 0 amide bonds. The normalized spacial score (nSPS) is 12.7. The van der Waals surface area contributed by atoms with Crippen molar-refractivity contribution in [1.82, 2.24) is 0 Å². The maximum Gasteiger partial charge on any atom is 0.0721 e. The largest absolute Gasteiger partial charge is 0.147 e. The van der Waals surface area contributed by atoms with Crippen LogP contribution in [0.2, 0.25) is 0 Å². The summed E-state index contributed by atoms with van der Waals surface area (Å²) in [5.74, 6) is 0. The van der Waals surface area contributed by atoms with Crippen LogP contribution in [0, 0.1) is 6.92 Å². The van der Waals surface area contributed by atoms with Crippen molar-refractivity contribution in [3.63, 3.8) is 0 Å². The Balaban J connectivity index is 1.87. The molecule has 0 fully saturated rings. The molecule has 3 rings (SSSR count). The van der Waals surface area contributed by atoms with Crippen molar-refractivity contribution < 1.29 is 0 Å². The molecule has 0 spiro atoms. The maximum absolute atomic E-state index is 6.55. The minimum Gasteiger partial charge on any atom is -0.147 e. The molecule has 1 heterocycles. The Morgan fingerprint density at radius 1 is 1.05 bits per heavy atom. The van der Waals surface area contributed by atoms with Crippen LogP contribution in [-0.2, 0) is 6.42 Å². The van der Waals surface area contributed by atoms with E-state index in [-0.39, 0.29) is 5.38 Å². The molecule has 0 radical (unpaired) electrons. The van der Waals surface area contributed by atoms with Crippen LogP contribution in [0.15, 0.2) is 53.9 Å². The quantitative estimate of drug-likeness (QED) is 0.539. The fraction of sp³-hybridized carbons (Fsp3) is 0.176. The van der Waals surface area contributed by atoms with Gasteiger partial charge in [0.2, 0.25) is 0 Å². The Bertz CT molecular complexity index is 699. The fourth-order valence-electron chi connectivity index (χ4n) is 2.37. The standard InChI is InChI=1S/C17H15ClS/c1-12-8-9-19-17(12)16(18)11-13-6-7-14-4-2-3-5-15(14)10-13/h2-10,16H,11H2,1H3. The van der Waals surface area contributed by atoms with Gasteiger partial charge in [0.1, 0.15) is 0 Å². The van der Waals surface area contributed by atoms with E-state index in [1.807, 2.05) is 0 Å². The van der Waals surface area contributed by atoms with E-state index < -0.39 is 0 Å². The summed E-state index contributed by atoms with van der Waals surface area (Å²) in [5.41, 5.74) is 2.59. The maximum atomic E-state index is 6.55. The van der Waals surface area contributed by atoms with Gasteiger partial charge < -0.3 is 0 Å². The van der Waals surface area contributed by atoms with E-state index in [9.17, 15) is 0 Å². The average Bonchev–Trinajstić information content (AvgIpc) is 2.85. The summed E-state index contributed by atoms with van der Waals surface area (Å²) < 4.78 is 0. The predicted molar refractivity (Wildman–Crippen MR) is 85.3 cm³/mol. The minimum absolute atomic E-state index is 0.0705. The first-order valence-corrected chi connectivity index (χ1v) is 7.71. The van der Waals surface area contributed by atoms with Gasteiger partial charge in [-0.3, -0.25) is 0 Å². The first kappa shape index (κ1) is 12.7. The van der Waals surface area contributed by atoms with E-state index in [1.54, 1.807) is 11.3 Å². The van der Waals surface area contributed by atoms with Crippen LogP contribution < -0.4 is 0 Å². The third kappa shape index (κ3) is 2.68. The summed E-state index contributed by atoms with van der Waals surface area (Å²) in [6.07, 6.45) is 0.883. The summed E-state index contributed by atoms with van der Waals surface area (Å²) in [6.45, 7) is 2.13. The van der Waals surface area contributed by atoms with Gasteiger partial charge in [-0.05, 0) is 46.7 Å². The summed E-state index contributed by atoms with van der Waals surface area (Å²) >= 11 is 8.30. The molecule has 0 aliphatic carbocycles. The van der Waals surface area contributed by atoms with Gasteiger partial charge in [-0.25, -0.2) is 0 Å². The summed E-state index contributed by atoms with van der Waals surface area (Å²) in [4.78, 5) is 1.29. The predicted octanol–water partition coefficient (Wildman–Crippen LogP) is 5.73. The number of alkyl halides is 1. The van der Waals surface area contributed by atoms with Crippen LogP contribution >= 0.6 is 22.9 Å². The Morgan fingerprint density at radius 3 is 2.58 bits per heavy atom. The highest BCUT2D eigenvalue weighted by Crippen LogP contribution is 2.32. The molecule has 0 saturated heterocycles. The van der Waals surface area contributed by atoms with Crippen LogP contribution in [-0.4, -0.2) is 0 Å². The van der Waals surface area contributed by atoms with Crippen molar-refractivity contribution in [3.8, 4) is 0 Å². The molecular weight excluding hydrogens is 272 g/mol. The zero-order chi connectivity index (χ0) is 13.2. The molecule has 1 atom stereocenters. The molecule has 1 unspecified atom stereocenters. The number of thiophene rings is 1. The monoisotopic (exact) mass is 286 g/mol. The molecule has 1 aromatic heterocycles. The molecular formula is C17H15ClS. The minimum atomic E-state index is 0.0705. The van der Waals surface area contributed by atoms with Crippen molar-refractivity contribution in [2.24, 2.45) is 0 Å². The molecule has 3 aromatic rings. The van der Waals surface area contributed by atoms with Crippen molar-refractivity contribution in [2.75, 3.05) is 0 Å². The number of halogens is 1. The highest BCUT2D eigenvalue weighted by molar-refractivity contribution is 7.10. The van der Waals surface area contributed by atoms with E-state index in [2.05, 4.69) is 60.8 Å². The van der Waals surface area contributed by atoms with Gasteiger partial charge in [0.25, 0.3) is 0 Å². The van der Waals surface area contributed by atoms with E-state index in [0.717, 1.165) is 6.42 Å². The number of rotatable bonds is 3. The highest BCUT2D eigenvalue weighted by atomic mass is 35.5. The Hall–Kier alpha value is -1.31. The van der Waals surface area contributed by atoms with Gasteiger partial charge in [-0.15, -0.1) is 22.9 Å².